The number of hydrogen-bond donors (Lipinski definition) is 0. The minimum atomic E-state index is -0.00299. The molecule has 2 rings (SSSR count). The van der Waals surface area contributed by atoms with Crippen molar-refractivity contribution in [1.82, 2.24) is 9.78 Å². The average molecular weight is 307 g/mol. The highest BCUT2D eigenvalue weighted by atomic mass is 79.9. The van der Waals surface area contributed by atoms with Crippen molar-refractivity contribution in [2.24, 2.45) is 0 Å². The molecule has 0 saturated carbocycles. The molecule has 0 spiro atoms. The van der Waals surface area contributed by atoms with Gasteiger partial charge in [0.05, 0.1) is 10.7 Å². The zero-order valence-electron chi connectivity index (χ0n) is 10.6. The van der Waals surface area contributed by atoms with Gasteiger partial charge in [-0.15, -0.1) is 0 Å². The number of rotatable bonds is 3. The molecule has 0 aliphatic carbocycles. The van der Waals surface area contributed by atoms with E-state index in [2.05, 4.69) is 21.0 Å². The number of carbonyl (C=O) groups is 1. The van der Waals surface area contributed by atoms with Gasteiger partial charge >= 0.3 is 0 Å². The third kappa shape index (κ3) is 2.38. The van der Waals surface area contributed by atoms with E-state index < -0.39 is 0 Å². The van der Waals surface area contributed by atoms with Crippen LogP contribution in [-0.2, 0) is 0 Å². The Hall–Kier alpha value is -1.42. The topological polar surface area (TPSA) is 34.9 Å². The monoisotopic (exact) mass is 306 g/mol. The lowest BCUT2D eigenvalue weighted by Crippen LogP contribution is -2.14. The first-order valence-electron chi connectivity index (χ1n) is 5.85. The Balaban J connectivity index is 2.49. The van der Waals surface area contributed by atoms with Crippen LogP contribution in [0.3, 0.4) is 0 Å². The van der Waals surface area contributed by atoms with E-state index in [1.165, 1.54) is 0 Å². The molecule has 0 amide bonds. The van der Waals surface area contributed by atoms with Crippen molar-refractivity contribution >= 4 is 21.7 Å². The zero-order valence-corrected chi connectivity index (χ0v) is 12.2. The third-order valence-electron chi connectivity index (χ3n) is 2.74. The second kappa shape index (κ2) is 5.06. The largest absolute Gasteiger partial charge is 0.287 e. The quantitative estimate of drug-likeness (QED) is 0.809. The van der Waals surface area contributed by atoms with Crippen molar-refractivity contribution < 1.29 is 4.79 Å². The fraction of sp³-hybridized carbons (Fsp3) is 0.286. The van der Waals surface area contributed by atoms with Crippen LogP contribution in [0.2, 0.25) is 0 Å². The molecular weight excluding hydrogens is 292 g/mol. The summed E-state index contributed by atoms with van der Waals surface area (Å²) in [5, 5.41) is 4.23. The van der Waals surface area contributed by atoms with E-state index in [1.54, 1.807) is 10.9 Å². The molecule has 94 valence electrons. The van der Waals surface area contributed by atoms with E-state index in [0.29, 0.717) is 11.3 Å². The fourth-order valence-electron chi connectivity index (χ4n) is 1.87. The second-order valence-electron chi connectivity index (χ2n) is 4.58. The number of halogens is 1. The average Bonchev–Trinajstić information content (AvgIpc) is 2.70. The number of carbonyl (C=O) groups excluding carboxylic acids is 1. The van der Waals surface area contributed by atoms with Gasteiger partial charge in [-0.3, -0.25) is 9.48 Å². The minimum absolute atomic E-state index is 0.00299. The van der Waals surface area contributed by atoms with Crippen molar-refractivity contribution in [3.05, 3.63) is 51.8 Å². The Labute approximate surface area is 115 Å². The molecule has 0 bridgehead atoms. The van der Waals surface area contributed by atoms with Gasteiger partial charge in [-0.25, -0.2) is 0 Å². The highest BCUT2D eigenvalue weighted by Crippen LogP contribution is 2.23. The molecule has 0 aliphatic rings. The molecule has 0 unspecified atom stereocenters. The highest BCUT2D eigenvalue weighted by molar-refractivity contribution is 9.10. The molecule has 0 aliphatic heterocycles. The van der Waals surface area contributed by atoms with Crippen LogP contribution >= 0.6 is 15.9 Å². The molecule has 4 heteroatoms. The second-order valence-corrected chi connectivity index (χ2v) is 5.43. The smallest absolute Gasteiger partial charge is 0.212 e. The van der Waals surface area contributed by atoms with Crippen LogP contribution in [0.5, 0.6) is 0 Å². The number of ketones is 1. The molecule has 0 radical (unpaired) electrons. The predicted molar refractivity (Wildman–Crippen MR) is 74.9 cm³/mol. The Bertz CT molecular complexity index is 587. The summed E-state index contributed by atoms with van der Waals surface area (Å²) in [6.07, 6.45) is 1.67. The van der Waals surface area contributed by atoms with Gasteiger partial charge in [0.2, 0.25) is 5.78 Å². The first-order chi connectivity index (χ1) is 8.50. The zero-order chi connectivity index (χ0) is 13.3. The summed E-state index contributed by atoms with van der Waals surface area (Å²) in [6, 6.07) is 7.75. The standard InChI is InChI=1S/C14H15BrN2O/c1-9(2)17-13(12(15)8-16-17)14(18)11-6-4-5-10(3)7-11/h4-9H,1-3H3. The van der Waals surface area contributed by atoms with E-state index in [0.717, 1.165) is 10.0 Å². The number of aryl methyl sites for hydroxylation is 1. The van der Waals surface area contributed by atoms with E-state index in [-0.39, 0.29) is 11.8 Å². The van der Waals surface area contributed by atoms with Gasteiger partial charge in [0.15, 0.2) is 0 Å². The van der Waals surface area contributed by atoms with Crippen LogP contribution < -0.4 is 0 Å². The lowest BCUT2D eigenvalue weighted by molar-refractivity contribution is 0.102. The highest BCUT2D eigenvalue weighted by Gasteiger charge is 2.20. The first kappa shape index (κ1) is 13.0. The number of benzene rings is 1. The van der Waals surface area contributed by atoms with Crippen LogP contribution in [0.4, 0.5) is 0 Å². The van der Waals surface area contributed by atoms with Crippen LogP contribution in [0.1, 0.15) is 41.5 Å². The molecule has 0 atom stereocenters. The van der Waals surface area contributed by atoms with Crippen LogP contribution in [0.15, 0.2) is 34.9 Å². The van der Waals surface area contributed by atoms with Crippen molar-refractivity contribution in [2.75, 3.05) is 0 Å². The van der Waals surface area contributed by atoms with E-state index >= 15 is 0 Å². The Kier molecular flexibility index (Phi) is 3.66. The van der Waals surface area contributed by atoms with Crippen molar-refractivity contribution in [3.63, 3.8) is 0 Å². The van der Waals surface area contributed by atoms with Crippen LogP contribution in [0.25, 0.3) is 0 Å². The van der Waals surface area contributed by atoms with E-state index in [9.17, 15) is 4.79 Å². The summed E-state index contributed by atoms with van der Waals surface area (Å²) in [6.45, 7) is 5.99. The summed E-state index contributed by atoms with van der Waals surface area (Å²) >= 11 is 3.40. The van der Waals surface area contributed by atoms with Gasteiger partial charge in [0.1, 0.15) is 5.69 Å². The maximum absolute atomic E-state index is 12.5. The molecule has 2 aromatic rings. The van der Waals surface area contributed by atoms with Crippen molar-refractivity contribution in [2.45, 2.75) is 26.8 Å². The van der Waals surface area contributed by atoms with Crippen molar-refractivity contribution in [3.8, 4) is 0 Å². The molecule has 0 saturated heterocycles. The molecule has 0 fully saturated rings. The number of nitrogens with zero attached hydrogens (tertiary/aromatic N) is 2. The molecule has 18 heavy (non-hydrogen) atoms. The predicted octanol–water partition coefficient (Wildman–Crippen LogP) is 3.77. The molecule has 0 N–H and O–H groups in total. The lowest BCUT2D eigenvalue weighted by atomic mass is 10.1. The van der Waals surface area contributed by atoms with Gasteiger partial charge in [-0.1, -0.05) is 23.8 Å². The normalized spacial score (nSPS) is 10.9. The summed E-state index contributed by atoms with van der Waals surface area (Å²) in [5.41, 5.74) is 2.38. The summed E-state index contributed by atoms with van der Waals surface area (Å²) in [4.78, 5) is 12.5. The SMILES string of the molecule is Cc1cccc(C(=O)c2c(Br)cnn2C(C)C)c1. The molecule has 1 heterocycles. The fourth-order valence-corrected chi connectivity index (χ4v) is 2.32. The summed E-state index contributed by atoms with van der Waals surface area (Å²) in [7, 11) is 0. The van der Waals surface area contributed by atoms with Gasteiger partial charge in [0.25, 0.3) is 0 Å². The third-order valence-corrected chi connectivity index (χ3v) is 3.32. The maximum Gasteiger partial charge on any atom is 0.212 e. The number of aromatic nitrogens is 2. The van der Waals surface area contributed by atoms with E-state index in [4.69, 9.17) is 0 Å². The molecular formula is C14H15BrN2O. The molecule has 1 aromatic carbocycles. The lowest BCUT2D eigenvalue weighted by Gasteiger charge is -2.10. The molecule has 1 aromatic heterocycles. The van der Waals surface area contributed by atoms with Gasteiger partial charge < -0.3 is 0 Å². The summed E-state index contributed by atoms with van der Waals surface area (Å²) in [5.74, 6) is -0.00299. The Morgan fingerprint density at radius 2 is 2.11 bits per heavy atom. The van der Waals surface area contributed by atoms with Gasteiger partial charge in [-0.05, 0) is 42.8 Å². The van der Waals surface area contributed by atoms with Gasteiger partial charge in [-0.2, -0.15) is 5.10 Å². The first-order valence-corrected chi connectivity index (χ1v) is 6.64. The van der Waals surface area contributed by atoms with Crippen LogP contribution in [-0.4, -0.2) is 15.6 Å². The number of hydrogen-bond acceptors (Lipinski definition) is 2. The maximum atomic E-state index is 12.5. The Morgan fingerprint density at radius 3 is 2.72 bits per heavy atom. The minimum Gasteiger partial charge on any atom is -0.287 e. The van der Waals surface area contributed by atoms with Gasteiger partial charge in [0, 0.05) is 11.6 Å². The van der Waals surface area contributed by atoms with E-state index in [1.807, 2.05) is 45.0 Å². The van der Waals surface area contributed by atoms with Crippen molar-refractivity contribution in [1.29, 1.82) is 0 Å². The summed E-state index contributed by atoms with van der Waals surface area (Å²) < 4.78 is 2.48. The molecule has 3 nitrogen and oxygen atoms in total. The Morgan fingerprint density at radius 1 is 1.39 bits per heavy atom. The van der Waals surface area contributed by atoms with Crippen LogP contribution in [0, 0.1) is 6.92 Å².